The largest absolute Gasteiger partial charge is 0.269 e. The second kappa shape index (κ2) is 5.71. The minimum atomic E-state index is -0.421. The van der Waals surface area contributed by atoms with Gasteiger partial charge in [0.15, 0.2) is 0 Å². The van der Waals surface area contributed by atoms with Gasteiger partial charge in [0.25, 0.3) is 5.69 Å². The lowest BCUT2D eigenvalue weighted by Gasteiger charge is -2.02. The van der Waals surface area contributed by atoms with Crippen LogP contribution in [0.4, 0.5) is 11.4 Å². The maximum atomic E-state index is 10.5. The van der Waals surface area contributed by atoms with Gasteiger partial charge in [0, 0.05) is 12.1 Å². The number of rotatable bonds is 4. The fourth-order valence-corrected chi connectivity index (χ4v) is 1.71. The highest BCUT2D eigenvalue weighted by molar-refractivity contribution is 5.49. The van der Waals surface area contributed by atoms with Gasteiger partial charge >= 0.3 is 0 Å². The van der Waals surface area contributed by atoms with Crippen LogP contribution in [0.3, 0.4) is 0 Å². The van der Waals surface area contributed by atoms with Crippen LogP contribution < -0.4 is 0 Å². The van der Waals surface area contributed by atoms with Gasteiger partial charge in [-0.3, -0.25) is 10.1 Å². The number of isocyanates is 1. The van der Waals surface area contributed by atoms with Gasteiger partial charge in [0.1, 0.15) is 0 Å². The molecule has 0 saturated heterocycles. The topological polar surface area (TPSA) is 72.6 Å². The standard InChI is InChI=1S/C14H10N2O3/c17-10-15-13-5-1-11(2-6-13)9-12-3-7-14(8-4-12)16(18)19/h1-8H,9H2. The third-order valence-corrected chi connectivity index (χ3v) is 2.67. The third-order valence-electron chi connectivity index (χ3n) is 2.67. The molecule has 0 bridgehead atoms. The predicted octanol–water partition coefficient (Wildman–Crippen LogP) is 3.15. The number of non-ortho nitro benzene ring substituents is 1. The molecule has 2 rings (SSSR count). The van der Waals surface area contributed by atoms with Crippen LogP contribution in [0.15, 0.2) is 53.5 Å². The lowest BCUT2D eigenvalue weighted by molar-refractivity contribution is -0.384. The predicted molar refractivity (Wildman–Crippen MR) is 70.1 cm³/mol. The molecular weight excluding hydrogens is 244 g/mol. The van der Waals surface area contributed by atoms with Crippen molar-refractivity contribution in [2.75, 3.05) is 0 Å². The SMILES string of the molecule is O=C=Nc1ccc(Cc2ccc([N+](=O)[O-])cc2)cc1. The summed E-state index contributed by atoms with van der Waals surface area (Å²) in [5, 5.41) is 10.5. The van der Waals surface area contributed by atoms with E-state index in [1.54, 1.807) is 24.3 Å². The second-order valence-electron chi connectivity index (χ2n) is 3.97. The van der Waals surface area contributed by atoms with Crippen molar-refractivity contribution in [2.24, 2.45) is 4.99 Å². The van der Waals surface area contributed by atoms with E-state index >= 15 is 0 Å². The summed E-state index contributed by atoms with van der Waals surface area (Å²) in [6.07, 6.45) is 2.15. The van der Waals surface area contributed by atoms with Crippen LogP contribution in [0.2, 0.25) is 0 Å². The van der Waals surface area contributed by atoms with E-state index in [4.69, 9.17) is 0 Å². The molecular formula is C14H10N2O3. The molecule has 5 heteroatoms. The Labute approximate surface area is 109 Å². The second-order valence-corrected chi connectivity index (χ2v) is 3.97. The van der Waals surface area contributed by atoms with E-state index in [0.717, 1.165) is 11.1 Å². The summed E-state index contributed by atoms with van der Waals surface area (Å²) in [5.74, 6) is 0. The van der Waals surface area contributed by atoms with Gasteiger partial charge < -0.3 is 0 Å². The number of nitro benzene ring substituents is 1. The monoisotopic (exact) mass is 254 g/mol. The molecule has 0 fully saturated rings. The summed E-state index contributed by atoms with van der Waals surface area (Å²) in [7, 11) is 0. The Morgan fingerprint density at radius 1 is 1.00 bits per heavy atom. The summed E-state index contributed by atoms with van der Waals surface area (Å²) in [4.78, 5) is 23.7. The first-order valence-electron chi connectivity index (χ1n) is 5.59. The molecule has 94 valence electrons. The van der Waals surface area contributed by atoms with E-state index in [0.29, 0.717) is 12.1 Å². The van der Waals surface area contributed by atoms with Gasteiger partial charge in [-0.2, -0.15) is 4.99 Å². The summed E-state index contributed by atoms with van der Waals surface area (Å²) in [6, 6.07) is 13.6. The van der Waals surface area contributed by atoms with Crippen molar-refractivity contribution in [3.05, 3.63) is 69.8 Å². The highest BCUT2D eigenvalue weighted by Gasteiger charge is 2.04. The van der Waals surface area contributed by atoms with E-state index < -0.39 is 4.92 Å². The maximum Gasteiger partial charge on any atom is 0.269 e. The molecule has 0 spiro atoms. The molecule has 0 radical (unpaired) electrons. The summed E-state index contributed by atoms with van der Waals surface area (Å²) >= 11 is 0. The lowest BCUT2D eigenvalue weighted by atomic mass is 10.0. The number of benzene rings is 2. The fraction of sp³-hybridized carbons (Fsp3) is 0.0714. The van der Waals surface area contributed by atoms with Gasteiger partial charge in [0.2, 0.25) is 6.08 Å². The van der Waals surface area contributed by atoms with Crippen LogP contribution in [-0.2, 0) is 11.2 Å². The average Bonchev–Trinajstić information content (AvgIpc) is 2.42. The zero-order chi connectivity index (χ0) is 13.7. The number of aliphatic imine (C=N–C) groups is 1. The van der Waals surface area contributed by atoms with Crippen molar-refractivity contribution in [3.63, 3.8) is 0 Å². The van der Waals surface area contributed by atoms with Gasteiger partial charge in [-0.15, -0.1) is 0 Å². The molecule has 0 aromatic heterocycles. The minimum Gasteiger partial charge on any atom is -0.258 e. The van der Waals surface area contributed by atoms with Crippen molar-refractivity contribution in [2.45, 2.75) is 6.42 Å². The van der Waals surface area contributed by atoms with Crippen molar-refractivity contribution < 1.29 is 9.72 Å². The van der Waals surface area contributed by atoms with Crippen molar-refractivity contribution in [1.29, 1.82) is 0 Å². The van der Waals surface area contributed by atoms with Crippen molar-refractivity contribution in [1.82, 2.24) is 0 Å². The Hall–Kier alpha value is -2.78. The molecule has 0 aliphatic carbocycles. The number of nitro groups is 1. The number of nitrogens with zero attached hydrogens (tertiary/aromatic N) is 2. The first-order chi connectivity index (χ1) is 9.19. The van der Waals surface area contributed by atoms with E-state index in [1.807, 2.05) is 12.1 Å². The lowest BCUT2D eigenvalue weighted by Crippen LogP contribution is -1.90. The fourth-order valence-electron chi connectivity index (χ4n) is 1.71. The normalized spacial score (nSPS) is 9.68. The summed E-state index contributed by atoms with van der Waals surface area (Å²) < 4.78 is 0. The van der Waals surface area contributed by atoms with E-state index in [-0.39, 0.29) is 5.69 Å². The van der Waals surface area contributed by atoms with Gasteiger partial charge in [0.05, 0.1) is 10.6 Å². The van der Waals surface area contributed by atoms with Crippen LogP contribution in [0.25, 0.3) is 0 Å². The quantitative estimate of drug-likeness (QED) is 0.364. The van der Waals surface area contributed by atoms with Crippen LogP contribution in [0.1, 0.15) is 11.1 Å². The zero-order valence-electron chi connectivity index (χ0n) is 9.95. The van der Waals surface area contributed by atoms with Crippen LogP contribution in [0.5, 0.6) is 0 Å². The molecule has 0 amide bonds. The van der Waals surface area contributed by atoms with E-state index in [9.17, 15) is 14.9 Å². The van der Waals surface area contributed by atoms with Crippen molar-refractivity contribution >= 4 is 17.5 Å². The summed E-state index contributed by atoms with van der Waals surface area (Å²) in [5.41, 5.74) is 2.66. The molecule has 5 nitrogen and oxygen atoms in total. The molecule has 0 atom stereocenters. The van der Waals surface area contributed by atoms with Gasteiger partial charge in [-0.1, -0.05) is 24.3 Å². The Kier molecular flexibility index (Phi) is 3.81. The van der Waals surface area contributed by atoms with E-state index in [1.165, 1.54) is 18.2 Å². The van der Waals surface area contributed by atoms with E-state index in [2.05, 4.69) is 4.99 Å². The zero-order valence-corrected chi connectivity index (χ0v) is 9.95. The Morgan fingerprint density at radius 3 is 2.00 bits per heavy atom. The highest BCUT2D eigenvalue weighted by Crippen LogP contribution is 2.17. The Bertz CT molecular complexity index is 583. The maximum absolute atomic E-state index is 10.5. The number of carbonyl (C=O) groups excluding carboxylic acids is 1. The average molecular weight is 254 g/mol. The Morgan fingerprint density at radius 2 is 1.53 bits per heavy atom. The third kappa shape index (κ3) is 3.34. The first kappa shape index (κ1) is 12.7. The molecule has 0 heterocycles. The van der Waals surface area contributed by atoms with Crippen LogP contribution in [0, 0.1) is 10.1 Å². The smallest absolute Gasteiger partial charge is 0.258 e. The van der Waals surface area contributed by atoms with Gasteiger partial charge in [-0.25, -0.2) is 4.79 Å². The Balaban J connectivity index is 2.12. The molecule has 0 aliphatic heterocycles. The molecule has 0 aliphatic rings. The molecule has 0 N–H and O–H groups in total. The molecule has 2 aromatic carbocycles. The number of hydrogen-bond donors (Lipinski definition) is 0. The molecule has 2 aromatic rings. The number of hydrogen-bond acceptors (Lipinski definition) is 4. The molecule has 0 saturated carbocycles. The van der Waals surface area contributed by atoms with Gasteiger partial charge in [-0.05, 0) is 29.7 Å². The highest BCUT2D eigenvalue weighted by atomic mass is 16.6. The molecule has 19 heavy (non-hydrogen) atoms. The minimum absolute atomic E-state index is 0.0828. The van der Waals surface area contributed by atoms with Crippen molar-refractivity contribution in [3.8, 4) is 0 Å². The first-order valence-corrected chi connectivity index (χ1v) is 5.59. The van der Waals surface area contributed by atoms with Crippen LogP contribution >= 0.6 is 0 Å². The van der Waals surface area contributed by atoms with Crippen LogP contribution in [-0.4, -0.2) is 11.0 Å². The summed E-state index contributed by atoms with van der Waals surface area (Å²) in [6.45, 7) is 0. The molecule has 0 unspecified atom stereocenters.